The second-order valence-electron chi connectivity index (χ2n) is 8.74. The number of ether oxygens (including phenoxy) is 2. The number of amides is 1. The van der Waals surface area contributed by atoms with Crippen LogP contribution < -0.4 is 4.74 Å². The number of aryl methyl sites for hydroxylation is 1. The average molecular weight is 488 g/mol. The molecule has 7 nitrogen and oxygen atoms in total. The number of hydrogen-bond donors (Lipinski definition) is 2. The summed E-state index contributed by atoms with van der Waals surface area (Å²) in [5.74, 6) is -1.12. The van der Waals surface area contributed by atoms with Gasteiger partial charge in [-0.3, -0.25) is 9.59 Å². The topological polar surface area (TPSA) is 96.3 Å². The molecule has 1 aliphatic rings. The van der Waals surface area contributed by atoms with Gasteiger partial charge in [0.25, 0.3) is 11.7 Å². The third-order valence-corrected chi connectivity index (χ3v) is 6.09. The summed E-state index contributed by atoms with van der Waals surface area (Å²) < 4.78 is 11.0. The predicted molar refractivity (Wildman–Crippen MR) is 136 cm³/mol. The van der Waals surface area contributed by atoms with Crippen molar-refractivity contribution in [2.24, 2.45) is 0 Å². The lowest BCUT2D eigenvalue weighted by Crippen LogP contribution is -2.31. The zero-order valence-electron chi connectivity index (χ0n) is 20.3. The minimum atomic E-state index is -0.828. The first-order valence-corrected chi connectivity index (χ1v) is 11.7. The molecule has 0 bridgehead atoms. The van der Waals surface area contributed by atoms with Gasteiger partial charge in [0.05, 0.1) is 11.6 Å². The number of nitrogens with zero attached hydrogens (tertiary/aromatic N) is 1. The van der Waals surface area contributed by atoms with Gasteiger partial charge in [0.15, 0.2) is 0 Å². The molecule has 0 unspecified atom stereocenters. The summed E-state index contributed by atoms with van der Waals surface area (Å²) in [6.07, 6.45) is 0.520. The van der Waals surface area contributed by atoms with Crippen LogP contribution in [0.4, 0.5) is 0 Å². The quantitative estimate of drug-likeness (QED) is 0.196. The molecule has 0 saturated carbocycles. The van der Waals surface area contributed by atoms with Crippen molar-refractivity contribution >= 4 is 17.4 Å². The number of aliphatic hydroxyl groups excluding tert-OH is 1. The fraction of sp³-hybridized carbons (Fsp3) is 0.241. The van der Waals surface area contributed by atoms with Crippen LogP contribution in [0.25, 0.3) is 5.76 Å². The van der Waals surface area contributed by atoms with Crippen LogP contribution >= 0.6 is 0 Å². The van der Waals surface area contributed by atoms with Crippen molar-refractivity contribution in [1.82, 2.24) is 4.90 Å². The van der Waals surface area contributed by atoms with Gasteiger partial charge in [0.2, 0.25) is 0 Å². The van der Waals surface area contributed by atoms with E-state index in [1.165, 1.54) is 17.0 Å². The first-order valence-electron chi connectivity index (χ1n) is 11.7. The van der Waals surface area contributed by atoms with E-state index in [-0.39, 0.29) is 23.6 Å². The zero-order chi connectivity index (χ0) is 25.7. The summed E-state index contributed by atoms with van der Waals surface area (Å²) in [5.41, 5.74) is 3.10. The van der Waals surface area contributed by atoms with Gasteiger partial charge in [-0.2, -0.15) is 0 Å². The summed E-state index contributed by atoms with van der Waals surface area (Å²) in [5, 5.41) is 21.2. The molecule has 1 heterocycles. The van der Waals surface area contributed by atoms with E-state index in [0.717, 1.165) is 11.1 Å². The Hall–Kier alpha value is -4.10. The van der Waals surface area contributed by atoms with E-state index in [4.69, 9.17) is 9.47 Å². The average Bonchev–Trinajstić information content (AvgIpc) is 3.13. The first-order chi connectivity index (χ1) is 17.4. The smallest absolute Gasteiger partial charge is 0.295 e. The Morgan fingerprint density at radius 1 is 1.00 bits per heavy atom. The van der Waals surface area contributed by atoms with Gasteiger partial charge in [0, 0.05) is 25.8 Å². The molecule has 3 aromatic carbocycles. The molecule has 0 spiro atoms. The minimum Gasteiger partial charge on any atom is -0.508 e. The number of carbonyl (C=O) groups is 2. The predicted octanol–water partition coefficient (Wildman–Crippen LogP) is 4.74. The maximum atomic E-state index is 13.1. The largest absolute Gasteiger partial charge is 0.508 e. The standard InChI is InChI=1S/C29H29NO6/c1-19-6-3-7-20(16-19)18-36-24-12-10-21(11-13-24)27(32)25-26(22-8-4-9-23(31)17-22)30(14-5-15-35-2)29(34)28(25)33/h3-4,6-13,16-17,26,31-32H,5,14-15,18H2,1-2H3/t26-/m1/s1. The third kappa shape index (κ3) is 5.42. The summed E-state index contributed by atoms with van der Waals surface area (Å²) in [7, 11) is 1.56. The fourth-order valence-corrected chi connectivity index (χ4v) is 4.36. The molecular formula is C29H29NO6. The summed E-state index contributed by atoms with van der Waals surface area (Å²) >= 11 is 0. The van der Waals surface area contributed by atoms with E-state index in [2.05, 4.69) is 0 Å². The van der Waals surface area contributed by atoms with Crippen LogP contribution in [0.5, 0.6) is 11.5 Å². The third-order valence-electron chi connectivity index (χ3n) is 6.09. The molecule has 0 radical (unpaired) electrons. The second kappa shape index (κ2) is 11.1. The van der Waals surface area contributed by atoms with E-state index in [1.54, 1.807) is 43.5 Å². The Bertz CT molecular complexity index is 1280. The Morgan fingerprint density at radius 2 is 1.75 bits per heavy atom. The highest BCUT2D eigenvalue weighted by Gasteiger charge is 2.45. The molecular weight excluding hydrogens is 458 g/mol. The normalized spacial score (nSPS) is 16.9. The fourth-order valence-electron chi connectivity index (χ4n) is 4.36. The lowest BCUT2D eigenvalue weighted by Gasteiger charge is -2.25. The SMILES string of the molecule is COCCCN1C(=O)C(=O)C(=C(O)c2ccc(OCc3cccc(C)c3)cc2)[C@H]1c1cccc(O)c1. The van der Waals surface area contributed by atoms with Crippen molar-refractivity contribution < 1.29 is 29.3 Å². The molecule has 1 fully saturated rings. The van der Waals surface area contributed by atoms with Crippen molar-refractivity contribution in [3.63, 3.8) is 0 Å². The molecule has 0 aromatic heterocycles. The Labute approximate surface area is 210 Å². The van der Waals surface area contributed by atoms with Gasteiger partial charge in [-0.25, -0.2) is 0 Å². The number of likely N-dealkylation sites (tertiary alicyclic amines) is 1. The molecule has 186 valence electrons. The summed E-state index contributed by atoms with van der Waals surface area (Å²) in [6.45, 7) is 3.10. The van der Waals surface area contributed by atoms with Crippen LogP contribution in [-0.4, -0.2) is 47.1 Å². The number of phenols is 1. The van der Waals surface area contributed by atoms with Crippen LogP contribution in [0.3, 0.4) is 0 Å². The van der Waals surface area contributed by atoms with Crippen LogP contribution in [0, 0.1) is 6.92 Å². The highest BCUT2D eigenvalue weighted by atomic mass is 16.5. The number of phenolic OH excluding ortho intramolecular Hbond substituents is 1. The maximum Gasteiger partial charge on any atom is 0.295 e. The molecule has 2 N–H and O–H groups in total. The number of methoxy groups -OCH3 is 1. The molecule has 0 aliphatic carbocycles. The van der Waals surface area contributed by atoms with E-state index < -0.39 is 17.7 Å². The molecule has 7 heteroatoms. The van der Waals surface area contributed by atoms with Gasteiger partial charge >= 0.3 is 0 Å². The number of Topliss-reactive ketones (excluding diaryl/α,β-unsaturated/α-hetero) is 1. The number of benzene rings is 3. The van der Waals surface area contributed by atoms with Crippen molar-refractivity contribution in [3.05, 3.63) is 101 Å². The van der Waals surface area contributed by atoms with Gasteiger partial charge in [0.1, 0.15) is 23.9 Å². The van der Waals surface area contributed by atoms with E-state index in [9.17, 15) is 19.8 Å². The van der Waals surface area contributed by atoms with Crippen molar-refractivity contribution in [1.29, 1.82) is 0 Å². The Morgan fingerprint density at radius 3 is 2.44 bits per heavy atom. The van der Waals surface area contributed by atoms with Crippen LogP contribution in [0.15, 0.2) is 78.4 Å². The zero-order valence-corrected chi connectivity index (χ0v) is 20.3. The number of aromatic hydroxyl groups is 1. The molecule has 36 heavy (non-hydrogen) atoms. The molecule has 1 atom stereocenters. The lowest BCUT2D eigenvalue weighted by molar-refractivity contribution is -0.140. The second-order valence-corrected chi connectivity index (χ2v) is 8.74. The lowest BCUT2D eigenvalue weighted by atomic mass is 9.95. The highest BCUT2D eigenvalue weighted by Crippen LogP contribution is 2.40. The van der Waals surface area contributed by atoms with Gasteiger partial charge < -0.3 is 24.6 Å². The maximum absolute atomic E-state index is 13.1. The van der Waals surface area contributed by atoms with Gasteiger partial charge in [-0.1, -0.05) is 42.0 Å². The number of carbonyl (C=O) groups excluding carboxylic acids is 2. The van der Waals surface area contributed by atoms with Gasteiger partial charge in [-0.05, 0) is 60.9 Å². The minimum absolute atomic E-state index is 0.00471. The van der Waals surface area contributed by atoms with Crippen molar-refractivity contribution in [2.75, 3.05) is 20.3 Å². The van der Waals surface area contributed by atoms with E-state index in [1.807, 2.05) is 31.2 Å². The molecule has 4 rings (SSSR count). The monoisotopic (exact) mass is 487 g/mol. The molecule has 3 aromatic rings. The number of aliphatic hydroxyl groups is 1. The Kier molecular flexibility index (Phi) is 7.71. The van der Waals surface area contributed by atoms with Crippen molar-refractivity contribution in [2.45, 2.75) is 26.0 Å². The van der Waals surface area contributed by atoms with E-state index >= 15 is 0 Å². The number of ketones is 1. The number of hydrogen-bond acceptors (Lipinski definition) is 6. The van der Waals surface area contributed by atoms with Crippen molar-refractivity contribution in [3.8, 4) is 11.5 Å². The van der Waals surface area contributed by atoms with E-state index in [0.29, 0.717) is 36.5 Å². The molecule has 1 amide bonds. The number of rotatable bonds is 9. The van der Waals surface area contributed by atoms with Gasteiger partial charge in [-0.15, -0.1) is 0 Å². The van der Waals surface area contributed by atoms with Crippen LogP contribution in [-0.2, 0) is 20.9 Å². The summed E-state index contributed by atoms with van der Waals surface area (Å²) in [6, 6.07) is 20.3. The molecule has 1 saturated heterocycles. The first kappa shape index (κ1) is 25.0. The van der Waals surface area contributed by atoms with Crippen LogP contribution in [0.1, 0.15) is 34.7 Å². The highest BCUT2D eigenvalue weighted by molar-refractivity contribution is 6.46. The Balaban J connectivity index is 1.63. The molecule has 1 aliphatic heterocycles. The summed E-state index contributed by atoms with van der Waals surface area (Å²) in [4.78, 5) is 27.4. The van der Waals surface area contributed by atoms with Crippen LogP contribution in [0.2, 0.25) is 0 Å².